The monoisotopic (exact) mass is 417 g/mol. The van der Waals surface area contributed by atoms with Crippen LogP contribution in [0, 0.1) is 0 Å². The molecule has 2 aliphatic rings. The molecule has 5 heteroatoms. The van der Waals surface area contributed by atoms with Crippen LogP contribution in [0.25, 0.3) is 5.03 Å². The Balaban J connectivity index is 2.00. The van der Waals surface area contributed by atoms with Crippen molar-refractivity contribution in [3.63, 3.8) is 0 Å². The number of fused-ring (bicyclic) bond motifs is 1. The molecule has 0 fully saturated rings. The first-order valence-electron chi connectivity index (χ1n) is 9.52. The fourth-order valence-electron chi connectivity index (χ4n) is 3.83. The maximum atomic E-state index is 13.1. The van der Waals surface area contributed by atoms with Gasteiger partial charge in [0.25, 0.3) is 0 Å². The Hall–Kier alpha value is -1.84. The topological polar surface area (TPSA) is 46.2 Å². The lowest BCUT2D eigenvalue weighted by Crippen LogP contribution is -2.49. The summed E-state index contributed by atoms with van der Waals surface area (Å²) in [5, 5.41) is 4.74. The molecule has 3 nitrogen and oxygen atoms in total. The molecule has 0 spiro atoms. The summed E-state index contributed by atoms with van der Waals surface area (Å²) in [5.41, 5.74) is 4.15. The number of hydrogen-bond donors (Lipinski definition) is 1. The molecule has 3 rings (SSSR count). The first-order valence-corrected chi connectivity index (χ1v) is 10.3. The summed E-state index contributed by atoms with van der Waals surface area (Å²) in [5.74, 6) is 0.00284. The highest BCUT2D eigenvalue weighted by Gasteiger charge is 2.38. The van der Waals surface area contributed by atoms with Gasteiger partial charge in [-0.2, -0.15) is 0 Å². The van der Waals surface area contributed by atoms with Crippen molar-refractivity contribution in [3.05, 3.63) is 62.8 Å². The van der Waals surface area contributed by atoms with E-state index in [1.165, 1.54) is 0 Å². The first-order chi connectivity index (χ1) is 13.1. The van der Waals surface area contributed by atoms with Crippen molar-refractivity contribution in [3.8, 4) is 0 Å². The summed E-state index contributed by atoms with van der Waals surface area (Å²) in [7, 11) is 0. The molecule has 28 heavy (non-hydrogen) atoms. The number of benzene rings is 1. The van der Waals surface area contributed by atoms with Crippen LogP contribution < -0.4 is 5.32 Å². The van der Waals surface area contributed by atoms with E-state index in [0.29, 0.717) is 34.0 Å². The van der Waals surface area contributed by atoms with Crippen LogP contribution in [-0.2, 0) is 16.0 Å². The first kappa shape index (κ1) is 20.9. The number of halogens is 2. The van der Waals surface area contributed by atoms with E-state index in [2.05, 4.69) is 5.32 Å². The minimum Gasteiger partial charge on any atom is -0.373 e. The summed E-state index contributed by atoms with van der Waals surface area (Å²) < 4.78 is 0. The number of allylic oxidation sites excluding steroid dienone is 3. The third-order valence-corrected chi connectivity index (χ3v) is 6.61. The largest absolute Gasteiger partial charge is 0.373 e. The second kappa shape index (κ2) is 7.88. The zero-order valence-electron chi connectivity index (χ0n) is 16.7. The van der Waals surface area contributed by atoms with Crippen molar-refractivity contribution in [2.24, 2.45) is 0 Å². The maximum Gasteiger partial charge on any atom is 0.183 e. The number of carbonyl (C=O) groups is 2. The Morgan fingerprint density at radius 1 is 1.00 bits per heavy atom. The third-order valence-electron chi connectivity index (χ3n) is 5.94. The van der Waals surface area contributed by atoms with Crippen molar-refractivity contribution in [2.45, 2.75) is 58.9 Å². The molecule has 1 atom stereocenters. The molecule has 1 unspecified atom stereocenters. The molecular formula is C23H25Cl2NO2. The van der Waals surface area contributed by atoms with Crippen molar-refractivity contribution >= 4 is 39.8 Å². The van der Waals surface area contributed by atoms with Crippen LogP contribution in [0.2, 0.25) is 5.02 Å². The number of nitrogens with one attached hydrogen (secondary N) is 1. The molecule has 0 bridgehead atoms. The number of Topliss-reactive ketones (excluding diaryl/α,β-unsaturated/α-hetero) is 2. The summed E-state index contributed by atoms with van der Waals surface area (Å²) in [6.45, 7) is 7.38. The Bertz CT molecular complexity index is 955. The molecule has 0 radical (unpaired) electrons. The van der Waals surface area contributed by atoms with Crippen LogP contribution in [0.4, 0.5) is 0 Å². The van der Waals surface area contributed by atoms with Crippen LogP contribution in [0.3, 0.4) is 0 Å². The summed E-state index contributed by atoms with van der Waals surface area (Å²) in [6, 6.07) is 5.73. The maximum absolute atomic E-state index is 13.1. The van der Waals surface area contributed by atoms with E-state index >= 15 is 0 Å². The summed E-state index contributed by atoms with van der Waals surface area (Å²) >= 11 is 13.0. The average Bonchev–Trinajstić information content (AvgIpc) is 2.73. The van der Waals surface area contributed by atoms with Gasteiger partial charge in [0, 0.05) is 22.7 Å². The van der Waals surface area contributed by atoms with E-state index in [1.54, 1.807) is 13.8 Å². The molecule has 0 aliphatic heterocycles. The van der Waals surface area contributed by atoms with Crippen LogP contribution in [0.5, 0.6) is 0 Å². The lowest BCUT2D eigenvalue weighted by molar-refractivity contribution is -0.121. The van der Waals surface area contributed by atoms with Gasteiger partial charge in [-0.25, -0.2) is 0 Å². The van der Waals surface area contributed by atoms with E-state index in [-0.39, 0.29) is 11.6 Å². The Morgan fingerprint density at radius 2 is 1.71 bits per heavy atom. The van der Waals surface area contributed by atoms with Crippen LogP contribution in [0.1, 0.15) is 58.1 Å². The fourth-order valence-corrected chi connectivity index (χ4v) is 4.38. The molecule has 0 amide bonds. The number of carbonyl (C=O) groups excluding carboxylic acids is 2. The van der Waals surface area contributed by atoms with Gasteiger partial charge in [-0.3, -0.25) is 9.59 Å². The Labute approximate surface area is 176 Å². The molecule has 1 aromatic rings. The minimum atomic E-state index is -0.849. The number of hydrogen-bond acceptors (Lipinski definition) is 3. The van der Waals surface area contributed by atoms with Crippen molar-refractivity contribution in [1.82, 2.24) is 5.32 Å². The van der Waals surface area contributed by atoms with Gasteiger partial charge in [-0.15, -0.1) is 0 Å². The third kappa shape index (κ3) is 3.83. The molecular weight excluding hydrogens is 393 g/mol. The second-order valence-electron chi connectivity index (χ2n) is 7.91. The predicted octanol–water partition coefficient (Wildman–Crippen LogP) is 5.76. The van der Waals surface area contributed by atoms with Crippen LogP contribution in [0.15, 0.2) is 46.7 Å². The van der Waals surface area contributed by atoms with Crippen LogP contribution in [-0.4, -0.2) is 17.1 Å². The number of rotatable bonds is 2. The lowest BCUT2D eigenvalue weighted by atomic mass is 9.87. The zero-order chi connectivity index (χ0) is 20.6. The smallest absolute Gasteiger partial charge is 0.183 e. The van der Waals surface area contributed by atoms with Crippen molar-refractivity contribution < 1.29 is 9.59 Å². The van der Waals surface area contributed by atoms with E-state index in [4.69, 9.17) is 23.2 Å². The molecule has 1 N–H and O–H groups in total. The normalized spacial score (nSPS) is 28.1. The molecule has 148 valence electrons. The summed E-state index contributed by atoms with van der Waals surface area (Å²) in [4.78, 5) is 25.4. The van der Waals surface area contributed by atoms with Gasteiger partial charge in [0.15, 0.2) is 11.6 Å². The van der Waals surface area contributed by atoms with Gasteiger partial charge in [0.1, 0.15) is 0 Å². The van der Waals surface area contributed by atoms with E-state index in [0.717, 1.165) is 35.2 Å². The highest BCUT2D eigenvalue weighted by molar-refractivity contribution is 6.49. The van der Waals surface area contributed by atoms with Gasteiger partial charge in [0.05, 0.1) is 10.6 Å². The van der Waals surface area contributed by atoms with Crippen molar-refractivity contribution in [2.75, 3.05) is 0 Å². The average molecular weight is 418 g/mol. The quantitative estimate of drug-likeness (QED) is 0.665. The standard InChI is InChI=1S/C23H25Cl2NO2/c1-13-8-9-17-16(6-5-7-18(17)24)19(25)12-20(13)26-23(4)11-10-21(27)14(2)15(3)22(23)28/h5-7,12,26H,8-11H2,1-4H3/b19-12+,20-13-. The zero-order valence-corrected chi connectivity index (χ0v) is 18.2. The van der Waals surface area contributed by atoms with Crippen molar-refractivity contribution in [1.29, 1.82) is 0 Å². The molecule has 0 saturated heterocycles. The van der Waals surface area contributed by atoms with E-state index in [9.17, 15) is 9.59 Å². The van der Waals surface area contributed by atoms with Gasteiger partial charge in [-0.1, -0.05) is 35.3 Å². The SMILES string of the molecule is CC1=C(C)C(=O)C(C)(NC2=C(/C)CCc3c(Cl)cccc3/C(Cl)=C\2)CCC1=O. The van der Waals surface area contributed by atoms with E-state index in [1.807, 2.05) is 38.1 Å². The lowest BCUT2D eigenvalue weighted by Gasteiger charge is -2.31. The Kier molecular flexibility index (Phi) is 5.88. The molecule has 0 aromatic heterocycles. The highest BCUT2D eigenvalue weighted by atomic mass is 35.5. The van der Waals surface area contributed by atoms with Gasteiger partial charge < -0.3 is 5.32 Å². The van der Waals surface area contributed by atoms with E-state index < -0.39 is 5.54 Å². The second-order valence-corrected chi connectivity index (χ2v) is 8.73. The number of ketones is 2. The van der Waals surface area contributed by atoms with Gasteiger partial charge >= 0.3 is 0 Å². The Morgan fingerprint density at radius 3 is 2.43 bits per heavy atom. The molecule has 0 saturated carbocycles. The molecule has 1 aromatic carbocycles. The molecule has 2 aliphatic carbocycles. The van der Waals surface area contributed by atoms with Crippen LogP contribution >= 0.6 is 23.2 Å². The highest BCUT2D eigenvalue weighted by Crippen LogP contribution is 2.35. The van der Waals surface area contributed by atoms with Gasteiger partial charge in [-0.05, 0) is 81.4 Å². The minimum absolute atomic E-state index is 0.0359. The fraction of sp³-hybridized carbons (Fsp3) is 0.391. The predicted molar refractivity (Wildman–Crippen MR) is 115 cm³/mol. The summed E-state index contributed by atoms with van der Waals surface area (Å²) in [6.07, 6.45) is 4.25. The van der Waals surface area contributed by atoms with Gasteiger partial charge in [0.2, 0.25) is 0 Å². The molecule has 0 heterocycles.